The summed E-state index contributed by atoms with van der Waals surface area (Å²) in [4.78, 5) is 11.4. The molecule has 0 spiro atoms. The van der Waals surface area contributed by atoms with E-state index in [0.29, 0.717) is 6.10 Å². The molecule has 4 heteroatoms. The molecule has 2 heterocycles. The molecule has 0 amide bonds. The van der Waals surface area contributed by atoms with E-state index in [9.17, 15) is 4.79 Å². The summed E-state index contributed by atoms with van der Waals surface area (Å²) in [7, 11) is 1.40. The van der Waals surface area contributed by atoms with E-state index in [0.717, 1.165) is 25.7 Å². The molecule has 0 aromatic rings. The minimum atomic E-state index is -0.386. The minimum Gasteiger partial charge on any atom is -0.467 e. The van der Waals surface area contributed by atoms with Crippen molar-refractivity contribution in [1.29, 1.82) is 0 Å². The first kappa shape index (κ1) is 15.5. The van der Waals surface area contributed by atoms with Gasteiger partial charge in [0.25, 0.3) is 0 Å². The van der Waals surface area contributed by atoms with E-state index in [4.69, 9.17) is 14.2 Å². The van der Waals surface area contributed by atoms with E-state index in [2.05, 4.69) is 26.8 Å². The van der Waals surface area contributed by atoms with Crippen LogP contribution in [0.25, 0.3) is 0 Å². The van der Waals surface area contributed by atoms with Crippen LogP contribution < -0.4 is 0 Å². The summed E-state index contributed by atoms with van der Waals surface area (Å²) in [5.74, 6) is -0.268. The molecule has 0 N–H and O–H groups in total. The lowest BCUT2D eigenvalue weighted by molar-refractivity contribution is -0.142. The maximum atomic E-state index is 11.4. The van der Waals surface area contributed by atoms with Crippen LogP contribution in [-0.4, -0.2) is 36.5 Å². The molecule has 0 aromatic heterocycles. The van der Waals surface area contributed by atoms with Crippen molar-refractivity contribution in [2.75, 3.05) is 7.11 Å². The van der Waals surface area contributed by atoms with Crippen molar-refractivity contribution in [2.24, 2.45) is 0 Å². The van der Waals surface area contributed by atoms with Crippen molar-refractivity contribution in [3.63, 3.8) is 0 Å². The number of hydrogen-bond acceptors (Lipinski definition) is 4. The normalized spacial score (nSPS) is 38.2. The first-order chi connectivity index (χ1) is 9.31. The Kier molecular flexibility index (Phi) is 4.26. The zero-order chi connectivity index (χ0) is 15.0. The molecule has 0 bridgehead atoms. The second kappa shape index (κ2) is 5.49. The molecular weight excluding hydrogens is 256 g/mol. The molecule has 2 aliphatic rings. The largest absolute Gasteiger partial charge is 0.467 e. The molecule has 2 fully saturated rings. The van der Waals surface area contributed by atoms with Gasteiger partial charge in [-0.1, -0.05) is 11.6 Å². The molecule has 4 unspecified atom stereocenters. The van der Waals surface area contributed by atoms with Crippen LogP contribution in [0.2, 0.25) is 0 Å². The molecule has 0 saturated carbocycles. The second-order valence-electron chi connectivity index (χ2n) is 6.61. The zero-order valence-electron chi connectivity index (χ0n) is 13.2. The van der Waals surface area contributed by atoms with Gasteiger partial charge in [-0.2, -0.15) is 0 Å². The summed E-state index contributed by atoms with van der Waals surface area (Å²) in [5.41, 5.74) is 1.02. The van der Waals surface area contributed by atoms with Gasteiger partial charge in [0.2, 0.25) is 0 Å². The van der Waals surface area contributed by atoms with Gasteiger partial charge in [-0.15, -0.1) is 0 Å². The van der Waals surface area contributed by atoms with Crippen molar-refractivity contribution in [2.45, 2.75) is 76.8 Å². The summed E-state index contributed by atoms with van der Waals surface area (Å²) < 4.78 is 16.0. The highest BCUT2D eigenvalue weighted by atomic mass is 16.7. The van der Waals surface area contributed by atoms with Crippen molar-refractivity contribution in [3.05, 3.63) is 11.6 Å². The number of carbonyl (C=O) groups excluding carboxylic acids is 1. The smallest absolute Gasteiger partial charge is 0.338 e. The standard InChI is InChI=1S/C16H26O4/c1-11(2)7-6-9-15(3)12(19-15)8-10-16(4)13(20-16)14(17)18-5/h7,12-13H,6,8-10H2,1-5H3. The van der Waals surface area contributed by atoms with E-state index in [1.807, 2.05) is 6.92 Å². The third-order valence-electron chi connectivity index (χ3n) is 4.43. The van der Waals surface area contributed by atoms with Gasteiger partial charge in [0.15, 0.2) is 6.10 Å². The fourth-order valence-electron chi connectivity index (χ4n) is 2.77. The quantitative estimate of drug-likeness (QED) is 0.409. The molecule has 2 aliphatic heterocycles. The number of epoxide rings is 2. The lowest BCUT2D eigenvalue weighted by Gasteiger charge is -2.07. The number of carbonyl (C=O) groups is 1. The van der Waals surface area contributed by atoms with Crippen LogP contribution in [-0.2, 0) is 19.0 Å². The Balaban J connectivity index is 1.70. The van der Waals surface area contributed by atoms with E-state index in [1.165, 1.54) is 12.7 Å². The summed E-state index contributed by atoms with van der Waals surface area (Å²) in [6.07, 6.45) is 6.07. The number of allylic oxidation sites excluding steroid dienone is 2. The van der Waals surface area contributed by atoms with Gasteiger partial charge in [-0.25, -0.2) is 4.79 Å². The fourth-order valence-corrected chi connectivity index (χ4v) is 2.77. The lowest BCUT2D eigenvalue weighted by Crippen LogP contribution is -2.20. The van der Waals surface area contributed by atoms with Crippen LogP contribution in [0.15, 0.2) is 11.6 Å². The Labute approximate surface area is 121 Å². The summed E-state index contributed by atoms with van der Waals surface area (Å²) in [6, 6.07) is 0. The second-order valence-corrected chi connectivity index (χ2v) is 6.61. The summed E-state index contributed by atoms with van der Waals surface area (Å²) in [5, 5.41) is 0. The average Bonchev–Trinajstić information content (AvgIpc) is 3.23. The van der Waals surface area contributed by atoms with Gasteiger partial charge < -0.3 is 14.2 Å². The maximum Gasteiger partial charge on any atom is 0.338 e. The monoisotopic (exact) mass is 282 g/mol. The van der Waals surface area contributed by atoms with Crippen LogP contribution >= 0.6 is 0 Å². The molecule has 4 nitrogen and oxygen atoms in total. The number of methoxy groups -OCH3 is 1. The van der Waals surface area contributed by atoms with E-state index >= 15 is 0 Å². The number of hydrogen-bond donors (Lipinski definition) is 0. The Hall–Kier alpha value is -0.870. The molecule has 114 valence electrons. The van der Waals surface area contributed by atoms with Gasteiger partial charge in [0.1, 0.15) is 5.60 Å². The Morgan fingerprint density at radius 2 is 1.90 bits per heavy atom. The first-order valence-corrected chi connectivity index (χ1v) is 7.37. The predicted molar refractivity (Wildman–Crippen MR) is 76.5 cm³/mol. The molecule has 0 aromatic carbocycles. The van der Waals surface area contributed by atoms with Crippen molar-refractivity contribution in [3.8, 4) is 0 Å². The number of ether oxygens (including phenoxy) is 3. The van der Waals surface area contributed by atoms with Gasteiger partial charge in [-0.3, -0.25) is 0 Å². The average molecular weight is 282 g/mol. The third kappa shape index (κ3) is 3.41. The van der Waals surface area contributed by atoms with E-state index in [-0.39, 0.29) is 23.3 Å². The molecule has 0 aliphatic carbocycles. The van der Waals surface area contributed by atoms with Gasteiger partial charge in [0, 0.05) is 0 Å². The fraction of sp³-hybridized carbons (Fsp3) is 0.812. The van der Waals surface area contributed by atoms with Crippen molar-refractivity contribution in [1.82, 2.24) is 0 Å². The number of esters is 1. The van der Waals surface area contributed by atoms with E-state index < -0.39 is 0 Å². The molecule has 4 atom stereocenters. The predicted octanol–water partition coefficient (Wildman–Crippen LogP) is 3.00. The molecular formula is C16H26O4. The minimum absolute atomic E-state index is 0.0119. The highest BCUT2D eigenvalue weighted by Crippen LogP contribution is 2.47. The Morgan fingerprint density at radius 3 is 2.50 bits per heavy atom. The third-order valence-corrected chi connectivity index (χ3v) is 4.43. The SMILES string of the molecule is COC(=O)C1OC1(C)CCC1OC1(C)CCC=C(C)C. The Bertz CT molecular complexity index is 413. The van der Waals surface area contributed by atoms with Crippen molar-refractivity contribution < 1.29 is 19.0 Å². The van der Waals surface area contributed by atoms with Crippen LogP contribution in [0, 0.1) is 0 Å². The Morgan fingerprint density at radius 1 is 1.20 bits per heavy atom. The topological polar surface area (TPSA) is 51.4 Å². The molecule has 20 heavy (non-hydrogen) atoms. The van der Waals surface area contributed by atoms with Crippen molar-refractivity contribution >= 4 is 5.97 Å². The lowest BCUT2D eigenvalue weighted by atomic mass is 9.93. The number of rotatable bonds is 7. The van der Waals surface area contributed by atoms with E-state index in [1.54, 1.807) is 0 Å². The highest BCUT2D eigenvalue weighted by molar-refractivity contribution is 5.79. The van der Waals surface area contributed by atoms with Crippen LogP contribution in [0.4, 0.5) is 0 Å². The summed E-state index contributed by atoms with van der Waals surface area (Å²) in [6.45, 7) is 8.37. The van der Waals surface area contributed by atoms with Gasteiger partial charge in [0.05, 0.1) is 18.8 Å². The van der Waals surface area contributed by atoms with Crippen LogP contribution in [0.5, 0.6) is 0 Å². The molecule has 0 radical (unpaired) electrons. The van der Waals surface area contributed by atoms with Gasteiger partial charge >= 0.3 is 5.97 Å². The van der Waals surface area contributed by atoms with Crippen LogP contribution in [0.1, 0.15) is 53.4 Å². The van der Waals surface area contributed by atoms with Gasteiger partial charge in [-0.05, 0) is 53.4 Å². The van der Waals surface area contributed by atoms with Crippen LogP contribution in [0.3, 0.4) is 0 Å². The highest BCUT2D eigenvalue weighted by Gasteiger charge is 2.59. The molecule has 2 rings (SSSR count). The zero-order valence-corrected chi connectivity index (χ0v) is 13.2. The molecule has 2 saturated heterocycles. The maximum absolute atomic E-state index is 11.4. The summed E-state index contributed by atoms with van der Waals surface area (Å²) >= 11 is 0. The first-order valence-electron chi connectivity index (χ1n) is 7.37.